The molecular weight excluding hydrogens is 312 g/mol. The van der Waals surface area contributed by atoms with Gasteiger partial charge >= 0.3 is 5.97 Å². The van der Waals surface area contributed by atoms with Crippen LogP contribution >= 0.6 is 0 Å². The molecule has 0 spiro atoms. The van der Waals surface area contributed by atoms with Crippen molar-refractivity contribution in [2.75, 3.05) is 40.8 Å². The topological polar surface area (TPSA) is 32.8 Å². The van der Waals surface area contributed by atoms with Gasteiger partial charge in [-0.2, -0.15) is 0 Å². The first-order valence-corrected chi connectivity index (χ1v) is 9.97. The zero-order valence-corrected chi connectivity index (χ0v) is 16.8. The molecule has 0 unspecified atom stereocenters. The van der Waals surface area contributed by atoms with E-state index in [9.17, 15) is 4.79 Å². The average molecular weight is 349 g/mol. The quantitative estimate of drug-likeness (QED) is 0.545. The molecule has 4 nitrogen and oxygen atoms in total. The van der Waals surface area contributed by atoms with Crippen LogP contribution in [-0.4, -0.2) is 62.7 Å². The number of esters is 1. The van der Waals surface area contributed by atoms with Crippen LogP contribution in [0.25, 0.3) is 0 Å². The minimum absolute atomic E-state index is 0.0770. The summed E-state index contributed by atoms with van der Waals surface area (Å²) in [5.74, 6) is 2.18. The third-order valence-electron chi connectivity index (χ3n) is 7.38. The summed E-state index contributed by atoms with van der Waals surface area (Å²) in [4.78, 5) is 16.6. The monoisotopic (exact) mass is 348 g/mol. The molecule has 0 aromatic rings. The van der Waals surface area contributed by atoms with E-state index in [0.717, 1.165) is 31.3 Å². The van der Waals surface area contributed by atoms with Gasteiger partial charge in [-0.1, -0.05) is 25.5 Å². The number of nitrogens with zero attached hydrogens (tertiary/aromatic N) is 2. The highest BCUT2D eigenvalue weighted by Crippen LogP contribution is 2.59. The van der Waals surface area contributed by atoms with E-state index in [-0.39, 0.29) is 5.97 Å². The van der Waals surface area contributed by atoms with Gasteiger partial charge in [0.25, 0.3) is 0 Å². The molecule has 25 heavy (non-hydrogen) atoms. The summed E-state index contributed by atoms with van der Waals surface area (Å²) in [5, 5.41) is 0. The molecule has 3 aliphatic carbocycles. The summed E-state index contributed by atoms with van der Waals surface area (Å²) in [6.45, 7) is 8.32. The van der Waals surface area contributed by atoms with E-state index in [2.05, 4.69) is 43.8 Å². The zero-order valence-electron chi connectivity index (χ0n) is 16.8. The molecule has 0 aromatic carbocycles. The van der Waals surface area contributed by atoms with Crippen molar-refractivity contribution in [3.05, 3.63) is 11.6 Å². The fraction of sp³-hybridized carbons (Fsp3) is 0.857. The Kier molecular flexibility index (Phi) is 5.60. The minimum Gasteiger partial charge on any atom is -0.469 e. The first-order chi connectivity index (χ1) is 11.8. The third kappa shape index (κ3) is 3.80. The number of carbonyl (C=O) groups excluding carboxylic acids is 1. The van der Waals surface area contributed by atoms with Crippen molar-refractivity contribution in [3.8, 4) is 0 Å². The summed E-state index contributed by atoms with van der Waals surface area (Å²) in [6.07, 6.45) is 7.88. The van der Waals surface area contributed by atoms with Crippen molar-refractivity contribution >= 4 is 5.97 Å². The number of fused-ring (bicyclic) bond motifs is 1. The normalized spacial score (nSPS) is 34.4. The Morgan fingerprint density at radius 1 is 1.40 bits per heavy atom. The van der Waals surface area contributed by atoms with Crippen LogP contribution in [0.4, 0.5) is 0 Å². The first-order valence-electron chi connectivity index (χ1n) is 9.97. The third-order valence-corrected chi connectivity index (χ3v) is 7.38. The summed E-state index contributed by atoms with van der Waals surface area (Å²) in [6, 6.07) is 0.575. The number of rotatable bonds is 6. The molecule has 2 bridgehead atoms. The fourth-order valence-electron chi connectivity index (χ4n) is 5.52. The molecule has 2 fully saturated rings. The average Bonchev–Trinajstić information content (AvgIpc) is 2.59. The molecular formula is C21H36N2O2. The predicted octanol–water partition coefficient (Wildman–Crippen LogP) is 3.18. The van der Waals surface area contributed by atoms with Crippen LogP contribution in [0.3, 0.4) is 0 Å². The molecule has 1 aliphatic heterocycles. The summed E-state index contributed by atoms with van der Waals surface area (Å²) in [5.41, 5.74) is 2.19. The van der Waals surface area contributed by atoms with Crippen molar-refractivity contribution < 1.29 is 9.53 Å². The number of piperidine rings is 1. The van der Waals surface area contributed by atoms with E-state index >= 15 is 0 Å². The van der Waals surface area contributed by atoms with Gasteiger partial charge in [-0.3, -0.25) is 9.69 Å². The zero-order chi connectivity index (χ0) is 18.2. The van der Waals surface area contributed by atoms with E-state index in [1.54, 1.807) is 5.57 Å². The molecule has 4 rings (SSSR count). The van der Waals surface area contributed by atoms with Crippen molar-refractivity contribution in [1.82, 2.24) is 9.80 Å². The lowest BCUT2D eigenvalue weighted by atomic mass is 9.49. The molecule has 0 aromatic heterocycles. The molecule has 142 valence electrons. The molecule has 0 amide bonds. The highest BCUT2D eigenvalue weighted by molar-refractivity contribution is 5.69. The number of hydrogen-bond acceptors (Lipinski definition) is 4. The predicted molar refractivity (Wildman–Crippen MR) is 101 cm³/mol. The van der Waals surface area contributed by atoms with Gasteiger partial charge in [0, 0.05) is 25.6 Å². The molecule has 4 aliphatic rings. The molecule has 1 saturated carbocycles. The second-order valence-corrected chi connectivity index (χ2v) is 9.25. The van der Waals surface area contributed by atoms with E-state index in [4.69, 9.17) is 4.74 Å². The lowest BCUT2D eigenvalue weighted by Crippen LogP contribution is -2.52. The molecule has 0 radical (unpaired) electrons. The first kappa shape index (κ1) is 18.9. The van der Waals surface area contributed by atoms with E-state index in [0.29, 0.717) is 23.8 Å². The van der Waals surface area contributed by atoms with Gasteiger partial charge in [0.05, 0.1) is 7.11 Å². The second kappa shape index (κ2) is 7.40. The summed E-state index contributed by atoms with van der Waals surface area (Å²) in [7, 11) is 5.83. The van der Waals surface area contributed by atoms with Crippen LogP contribution in [0.1, 0.15) is 46.0 Å². The summed E-state index contributed by atoms with van der Waals surface area (Å²) >= 11 is 0. The number of likely N-dealkylation sites (tertiary alicyclic amines) is 1. The van der Waals surface area contributed by atoms with Crippen molar-refractivity contribution in [2.24, 2.45) is 23.2 Å². The van der Waals surface area contributed by atoms with E-state index < -0.39 is 0 Å². The SMILES string of the molecule is COC(=O)CC[C@H]1CN(CC2=CC[C@H]3C[C@@H]2C3(C)C)CC[C@H]1N(C)C. The van der Waals surface area contributed by atoms with Gasteiger partial charge in [-0.15, -0.1) is 0 Å². The lowest BCUT2D eigenvalue weighted by Gasteiger charge is -2.57. The van der Waals surface area contributed by atoms with E-state index in [1.165, 1.54) is 32.9 Å². The highest BCUT2D eigenvalue weighted by atomic mass is 16.5. The van der Waals surface area contributed by atoms with Crippen LogP contribution in [0, 0.1) is 23.2 Å². The van der Waals surface area contributed by atoms with Gasteiger partial charge in [-0.05, 0) is 69.5 Å². The number of allylic oxidation sites excluding steroid dienone is 1. The van der Waals surface area contributed by atoms with Crippen LogP contribution in [0.15, 0.2) is 11.6 Å². The van der Waals surface area contributed by atoms with Crippen LogP contribution < -0.4 is 0 Å². The maximum Gasteiger partial charge on any atom is 0.305 e. The Hall–Kier alpha value is -0.870. The van der Waals surface area contributed by atoms with Crippen molar-refractivity contribution in [3.63, 3.8) is 0 Å². The highest BCUT2D eigenvalue weighted by Gasteiger charge is 2.51. The standard InChI is InChI=1S/C21H36N2O2/c1-21(2)17-8-6-15(18(21)12-17)13-23-11-10-19(22(3)4)16(14-23)7-9-20(24)25-5/h6,16-19H,7-14H2,1-5H3/t16-,17-,18-,19+/m0/s1. The lowest BCUT2D eigenvalue weighted by molar-refractivity contribution is -0.141. The molecule has 1 saturated heterocycles. The van der Waals surface area contributed by atoms with Gasteiger partial charge in [0.15, 0.2) is 0 Å². The largest absolute Gasteiger partial charge is 0.469 e. The van der Waals surface area contributed by atoms with Crippen molar-refractivity contribution in [1.29, 1.82) is 0 Å². The smallest absolute Gasteiger partial charge is 0.305 e. The Labute approximate surface area is 153 Å². The van der Waals surface area contributed by atoms with Crippen molar-refractivity contribution in [2.45, 2.75) is 52.0 Å². The Bertz CT molecular complexity index is 526. The Morgan fingerprint density at radius 3 is 2.76 bits per heavy atom. The summed E-state index contributed by atoms with van der Waals surface area (Å²) < 4.78 is 4.85. The van der Waals surface area contributed by atoms with Gasteiger partial charge in [0.1, 0.15) is 0 Å². The van der Waals surface area contributed by atoms with Gasteiger partial charge in [-0.25, -0.2) is 0 Å². The second-order valence-electron chi connectivity index (χ2n) is 9.25. The Balaban J connectivity index is 1.60. The molecule has 4 heteroatoms. The molecule has 1 heterocycles. The number of ether oxygens (including phenoxy) is 1. The van der Waals surface area contributed by atoms with Crippen LogP contribution in [0.5, 0.6) is 0 Å². The van der Waals surface area contributed by atoms with Crippen LogP contribution in [-0.2, 0) is 9.53 Å². The maximum absolute atomic E-state index is 11.6. The maximum atomic E-state index is 11.6. The number of carbonyl (C=O) groups is 1. The molecule has 0 N–H and O–H groups in total. The molecule has 4 atom stereocenters. The van der Waals surface area contributed by atoms with Gasteiger partial charge in [0.2, 0.25) is 0 Å². The fourth-order valence-corrected chi connectivity index (χ4v) is 5.52. The Morgan fingerprint density at radius 2 is 2.16 bits per heavy atom. The van der Waals surface area contributed by atoms with Crippen LogP contribution in [0.2, 0.25) is 0 Å². The van der Waals surface area contributed by atoms with E-state index in [1.807, 2.05) is 0 Å². The number of hydrogen-bond donors (Lipinski definition) is 0. The van der Waals surface area contributed by atoms with Gasteiger partial charge < -0.3 is 9.64 Å². The minimum atomic E-state index is -0.0770. The number of methoxy groups -OCH3 is 1.